The number of aromatic nitrogens is 3. The van der Waals surface area contributed by atoms with Gasteiger partial charge >= 0.3 is 0 Å². The molecule has 7 nitrogen and oxygen atoms in total. The van der Waals surface area contributed by atoms with Gasteiger partial charge in [-0.15, -0.1) is 11.3 Å². The number of fused-ring (bicyclic) bond motifs is 1. The molecule has 1 fully saturated rings. The van der Waals surface area contributed by atoms with Crippen molar-refractivity contribution in [2.75, 3.05) is 32.8 Å². The van der Waals surface area contributed by atoms with Crippen molar-refractivity contribution in [3.63, 3.8) is 0 Å². The quantitative estimate of drug-likeness (QED) is 0.781. The summed E-state index contributed by atoms with van der Waals surface area (Å²) in [4.78, 5) is 25.1. The highest BCUT2D eigenvalue weighted by atomic mass is 32.1. The maximum atomic E-state index is 12.1. The van der Waals surface area contributed by atoms with Crippen LogP contribution in [0.25, 0.3) is 0 Å². The molecule has 0 spiro atoms. The van der Waals surface area contributed by atoms with Gasteiger partial charge in [-0.3, -0.25) is 9.69 Å². The Kier molecular flexibility index (Phi) is 5.09. The number of nitrogens with zero attached hydrogens (tertiary/aromatic N) is 5. The molecule has 1 atom stereocenters. The summed E-state index contributed by atoms with van der Waals surface area (Å²) in [5.41, 5.74) is 1.18. The molecular weight excluding hydrogens is 338 g/mol. The van der Waals surface area contributed by atoms with Crippen molar-refractivity contribution >= 4 is 17.2 Å². The molecule has 25 heavy (non-hydrogen) atoms. The van der Waals surface area contributed by atoms with Gasteiger partial charge in [0.15, 0.2) is 0 Å². The van der Waals surface area contributed by atoms with Crippen LogP contribution in [0.4, 0.5) is 0 Å². The Hall–Kier alpha value is -1.77. The van der Waals surface area contributed by atoms with Crippen LogP contribution >= 0.6 is 11.3 Å². The maximum absolute atomic E-state index is 12.1. The summed E-state index contributed by atoms with van der Waals surface area (Å²) in [6.45, 7) is 5.03. The lowest BCUT2D eigenvalue weighted by Gasteiger charge is -2.33. The number of likely N-dealkylation sites (tertiary alicyclic amines) is 1. The Morgan fingerprint density at radius 1 is 1.36 bits per heavy atom. The van der Waals surface area contributed by atoms with Crippen molar-refractivity contribution < 1.29 is 9.53 Å². The van der Waals surface area contributed by atoms with Crippen LogP contribution in [-0.2, 0) is 22.6 Å². The Labute approximate surface area is 151 Å². The number of amides is 1. The van der Waals surface area contributed by atoms with E-state index in [9.17, 15) is 4.79 Å². The molecule has 1 amide bonds. The first-order valence-electron chi connectivity index (χ1n) is 8.76. The minimum absolute atomic E-state index is 0.110. The molecule has 0 radical (unpaired) electrons. The number of hydrogen-bond acceptors (Lipinski definition) is 6. The van der Waals surface area contributed by atoms with Crippen molar-refractivity contribution in [1.82, 2.24) is 24.3 Å². The van der Waals surface area contributed by atoms with E-state index in [-0.39, 0.29) is 18.6 Å². The van der Waals surface area contributed by atoms with Gasteiger partial charge in [-0.2, -0.15) is 0 Å². The summed E-state index contributed by atoms with van der Waals surface area (Å²) < 4.78 is 7.96. The number of thiazole rings is 1. The Bertz CT molecular complexity index is 696. The second-order valence-electron chi connectivity index (χ2n) is 6.64. The lowest BCUT2D eigenvalue weighted by Crippen LogP contribution is -2.39. The van der Waals surface area contributed by atoms with Crippen molar-refractivity contribution in [2.24, 2.45) is 0 Å². The summed E-state index contributed by atoms with van der Waals surface area (Å²) in [6, 6.07) is 0.178. The molecule has 2 aromatic rings. The molecule has 0 N–H and O–H groups in total. The first-order valence-corrected chi connectivity index (χ1v) is 9.64. The smallest absolute Gasteiger partial charge is 0.248 e. The zero-order valence-electron chi connectivity index (χ0n) is 14.2. The highest BCUT2D eigenvalue weighted by Crippen LogP contribution is 2.23. The number of ether oxygens (including phenoxy) is 1. The number of imidazole rings is 1. The molecule has 0 bridgehead atoms. The fraction of sp³-hybridized carbons (Fsp3) is 0.588. The van der Waals surface area contributed by atoms with Crippen molar-refractivity contribution in [3.05, 3.63) is 34.8 Å². The van der Waals surface area contributed by atoms with Gasteiger partial charge in [0, 0.05) is 44.0 Å². The third-order valence-electron chi connectivity index (χ3n) is 4.83. The number of hydrogen-bond donors (Lipinski definition) is 0. The molecule has 1 saturated heterocycles. The summed E-state index contributed by atoms with van der Waals surface area (Å²) in [7, 11) is 0. The van der Waals surface area contributed by atoms with Crippen LogP contribution in [0, 0.1) is 0 Å². The molecular formula is C17H23N5O2S. The van der Waals surface area contributed by atoms with Crippen LogP contribution in [0.5, 0.6) is 0 Å². The average molecular weight is 361 g/mol. The first-order chi connectivity index (χ1) is 12.3. The lowest BCUT2D eigenvalue weighted by atomic mass is 10.2. The molecule has 4 rings (SSSR count). The SMILES string of the molecule is O=C(COCC1CN(Cc2nccs2)Cc2cncn21)N1CCCC1. The van der Waals surface area contributed by atoms with E-state index < -0.39 is 0 Å². The summed E-state index contributed by atoms with van der Waals surface area (Å²) in [5.74, 6) is 0.110. The topological polar surface area (TPSA) is 63.5 Å². The number of carbonyl (C=O) groups excluding carboxylic acids is 1. The molecule has 2 aliphatic rings. The molecule has 4 heterocycles. The van der Waals surface area contributed by atoms with Crippen LogP contribution in [0.2, 0.25) is 0 Å². The van der Waals surface area contributed by atoms with Gasteiger partial charge in [0.2, 0.25) is 5.91 Å². The Morgan fingerprint density at radius 3 is 3.04 bits per heavy atom. The van der Waals surface area contributed by atoms with Crippen LogP contribution in [-0.4, -0.2) is 63.1 Å². The molecule has 0 aliphatic carbocycles. The van der Waals surface area contributed by atoms with E-state index in [0.717, 1.165) is 50.6 Å². The van der Waals surface area contributed by atoms with E-state index in [4.69, 9.17) is 4.74 Å². The van der Waals surface area contributed by atoms with Crippen LogP contribution in [0.3, 0.4) is 0 Å². The molecule has 134 valence electrons. The molecule has 8 heteroatoms. The van der Waals surface area contributed by atoms with Gasteiger partial charge in [-0.25, -0.2) is 9.97 Å². The van der Waals surface area contributed by atoms with E-state index in [2.05, 4.69) is 19.4 Å². The fourth-order valence-corrected chi connectivity index (χ4v) is 4.24. The second kappa shape index (κ2) is 7.63. The molecule has 2 aliphatic heterocycles. The summed E-state index contributed by atoms with van der Waals surface area (Å²) in [5, 5.41) is 3.13. The number of rotatable bonds is 6. The van der Waals surface area contributed by atoms with Crippen molar-refractivity contribution in [1.29, 1.82) is 0 Å². The largest absolute Gasteiger partial charge is 0.369 e. The van der Waals surface area contributed by atoms with E-state index in [0.29, 0.717) is 6.61 Å². The Balaban J connectivity index is 1.34. The molecule has 1 unspecified atom stereocenters. The van der Waals surface area contributed by atoms with Gasteiger partial charge in [-0.1, -0.05) is 0 Å². The van der Waals surface area contributed by atoms with Crippen molar-refractivity contribution in [3.8, 4) is 0 Å². The minimum atomic E-state index is 0.110. The van der Waals surface area contributed by atoms with E-state index in [1.54, 1.807) is 11.3 Å². The average Bonchev–Trinajstić information content (AvgIpc) is 3.36. The zero-order valence-corrected chi connectivity index (χ0v) is 15.0. The zero-order chi connectivity index (χ0) is 17.1. The van der Waals surface area contributed by atoms with Gasteiger partial charge in [0.1, 0.15) is 11.6 Å². The van der Waals surface area contributed by atoms with Gasteiger partial charge in [0.25, 0.3) is 0 Å². The minimum Gasteiger partial charge on any atom is -0.369 e. The highest BCUT2D eigenvalue weighted by molar-refractivity contribution is 7.09. The normalized spacial score (nSPS) is 20.8. The monoisotopic (exact) mass is 361 g/mol. The third kappa shape index (κ3) is 3.91. The van der Waals surface area contributed by atoms with Crippen LogP contribution in [0.15, 0.2) is 24.1 Å². The lowest BCUT2D eigenvalue weighted by molar-refractivity contribution is -0.135. The first kappa shape index (κ1) is 16.7. The van der Waals surface area contributed by atoms with E-state index in [1.165, 1.54) is 5.69 Å². The standard InChI is InChI=1S/C17H23N5O2S/c23-17(21-4-1-2-5-21)12-24-11-15-9-20(10-16-19-3-6-25-16)8-14-7-18-13-22(14)15/h3,6-7,13,15H,1-2,4-5,8-12H2. The highest BCUT2D eigenvalue weighted by Gasteiger charge is 2.26. The second-order valence-corrected chi connectivity index (χ2v) is 7.62. The predicted octanol–water partition coefficient (Wildman–Crippen LogP) is 1.54. The van der Waals surface area contributed by atoms with Crippen LogP contribution in [0.1, 0.15) is 29.6 Å². The third-order valence-corrected chi connectivity index (χ3v) is 5.60. The van der Waals surface area contributed by atoms with E-state index in [1.807, 2.05) is 29.0 Å². The summed E-state index contributed by atoms with van der Waals surface area (Å²) >= 11 is 1.68. The molecule has 2 aromatic heterocycles. The van der Waals surface area contributed by atoms with Gasteiger partial charge in [-0.05, 0) is 12.8 Å². The maximum Gasteiger partial charge on any atom is 0.248 e. The molecule has 0 aromatic carbocycles. The molecule has 0 saturated carbocycles. The predicted molar refractivity (Wildman–Crippen MR) is 94.1 cm³/mol. The van der Waals surface area contributed by atoms with Gasteiger partial charge in [0.05, 0.1) is 31.2 Å². The fourth-order valence-electron chi connectivity index (χ4n) is 3.58. The van der Waals surface area contributed by atoms with E-state index >= 15 is 0 Å². The number of carbonyl (C=O) groups is 1. The van der Waals surface area contributed by atoms with Gasteiger partial charge < -0.3 is 14.2 Å². The van der Waals surface area contributed by atoms with Crippen LogP contribution < -0.4 is 0 Å². The van der Waals surface area contributed by atoms with Crippen molar-refractivity contribution in [2.45, 2.75) is 32.0 Å². The summed E-state index contributed by atoms with van der Waals surface area (Å²) in [6.07, 6.45) is 7.85. The Morgan fingerprint density at radius 2 is 2.24 bits per heavy atom.